The zero-order valence-corrected chi connectivity index (χ0v) is 11.4. The first kappa shape index (κ1) is 13.4. The number of tetrazole rings is 1. The number of rotatable bonds is 6. The highest BCUT2D eigenvalue weighted by Gasteiger charge is 2.14. The van der Waals surface area contributed by atoms with E-state index >= 15 is 0 Å². The Balaban J connectivity index is 1.63. The van der Waals surface area contributed by atoms with Crippen LogP contribution in [0.4, 0.5) is 0 Å². The van der Waals surface area contributed by atoms with E-state index in [0.29, 0.717) is 12.2 Å². The molecule has 0 spiro atoms. The van der Waals surface area contributed by atoms with E-state index in [9.17, 15) is 5.11 Å². The van der Waals surface area contributed by atoms with E-state index in [2.05, 4.69) is 36.7 Å². The number of aromatic amines is 2. The van der Waals surface area contributed by atoms with Crippen molar-refractivity contribution in [3.05, 3.63) is 59.4 Å². The van der Waals surface area contributed by atoms with Crippen LogP contribution in [0.15, 0.2) is 36.8 Å². The largest absolute Gasteiger partial charge is 0.385 e. The standard InChI is InChI=1S/C14H16N6O/c21-13(14-17-19-20-18-14)2-1-12-11(5-8-16-12)9-10-3-6-15-7-4-10/h3-8,13,16,21H,1-2,9H2,(H,17,18,19,20). The van der Waals surface area contributed by atoms with Crippen LogP contribution in [0.2, 0.25) is 0 Å². The number of aliphatic hydroxyl groups is 1. The molecule has 21 heavy (non-hydrogen) atoms. The number of aryl methyl sites for hydroxylation is 1. The van der Waals surface area contributed by atoms with Gasteiger partial charge in [-0.2, -0.15) is 5.21 Å². The SMILES string of the molecule is OC(CCc1[nH]ccc1Cc1ccncc1)c1nn[nH]n1. The Morgan fingerprint density at radius 2 is 2.05 bits per heavy atom. The van der Waals surface area contributed by atoms with Gasteiger partial charge in [0.15, 0.2) is 0 Å². The molecule has 3 N–H and O–H groups in total. The highest BCUT2D eigenvalue weighted by atomic mass is 16.3. The Morgan fingerprint density at radius 3 is 2.81 bits per heavy atom. The Bertz CT molecular complexity index is 664. The van der Waals surface area contributed by atoms with Crippen molar-refractivity contribution in [1.29, 1.82) is 0 Å². The van der Waals surface area contributed by atoms with Gasteiger partial charge in [0.25, 0.3) is 0 Å². The van der Waals surface area contributed by atoms with Crippen LogP contribution in [0.3, 0.4) is 0 Å². The summed E-state index contributed by atoms with van der Waals surface area (Å²) in [6.45, 7) is 0. The monoisotopic (exact) mass is 284 g/mol. The predicted molar refractivity (Wildman–Crippen MR) is 75.3 cm³/mol. The minimum atomic E-state index is -0.708. The number of aliphatic hydroxyl groups excluding tert-OH is 1. The molecule has 7 nitrogen and oxygen atoms in total. The van der Waals surface area contributed by atoms with Crippen molar-refractivity contribution in [3.63, 3.8) is 0 Å². The third-order valence-electron chi connectivity index (χ3n) is 3.40. The molecule has 0 aliphatic carbocycles. The van der Waals surface area contributed by atoms with Gasteiger partial charge in [-0.1, -0.05) is 5.21 Å². The fourth-order valence-corrected chi connectivity index (χ4v) is 2.28. The van der Waals surface area contributed by atoms with Crippen LogP contribution in [0.25, 0.3) is 0 Å². The molecule has 0 aliphatic heterocycles. The Hall–Kier alpha value is -2.54. The molecule has 3 rings (SSSR count). The van der Waals surface area contributed by atoms with Crippen molar-refractivity contribution in [2.24, 2.45) is 0 Å². The zero-order valence-electron chi connectivity index (χ0n) is 11.4. The van der Waals surface area contributed by atoms with Gasteiger partial charge in [-0.3, -0.25) is 4.98 Å². The molecule has 3 heterocycles. The number of hydrogen-bond donors (Lipinski definition) is 3. The van der Waals surface area contributed by atoms with Gasteiger partial charge in [-0.05, 0) is 48.6 Å². The van der Waals surface area contributed by atoms with Crippen LogP contribution in [0.5, 0.6) is 0 Å². The first-order valence-electron chi connectivity index (χ1n) is 6.78. The molecule has 0 saturated heterocycles. The smallest absolute Gasteiger partial charge is 0.202 e. The summed E-state index contributed by atoms with van der Waals surface area (Å²) in [5.41, 5.74) is 3.56. The van der Waals surface area contributed by atoms with Crippen LogP contribution in [0.1, 0.15) is 35.2 Å². The first-order valence-corrected chi connectivity index (χ1v) is 6.78. The van der Waals surface area contributed by atoms with Gasteiger partial charge in [0, 0.05) is 24.3 Å². The van der Waals surface area contributed by atoms with Crippen LogP contribution in [-0.4, -0.2) is 35.7 Å². The van der Waals surface area contributed by atoms with Crippen molar-refractivity contribution < 1.29 is 5.11 Å². The summed E-state index contributed by atoms with van der Waals surface area (Å²) in [4.78, 5) is 7.26. The van der Waals surface area contributed by atoms with Gasteiger partial charge < -0.3 is 10.1 Å². The fraction of sp³-hybridized carbons (Fsp3) is 0.286. The molecular formula is C14H16N6O. The van der Waals surface area contributed by atoms with Gasteiger partial charge in [0.2, 0.25) is 5.82 Å². The molecular weight excluding hydrogens is 268 g/mol. The number of nitrogens with zero attached hydrogens (tertiary/aromatic N) is 4. The second kappa shape index (κ2) is 6.27. The molecule has 1 atom stereocenters. The number of hydrogen-bond acceptors (Lipinski definition) is 5. The lowest BCUT2D eigenvalue weighted by atomic mass is 10.0. The molecule has 0 amide bonds. The van der Waals surface area contributed by atoms with E-state index in [1.54, 1.807) is 12.4 Å². The van der Waals surface area contributed by atoms with Crippen molar-refractivity contribution in [1.82, 2.24) is 30.6 Å². The molecule has 0 saturated carbocycles. The molecule has 7 heteroatoms. The Labute approximate surface area is 121 Å². The summed E-state index contributed by atoms with van der Waals surface area (Å²) < 4.78 is 0. The molecule has 108 valence electrons. The van der Waals surface area contributed by atoms with E-state index in [1.807, 2.05) is 18.3 Å². The quantitative estimate of drug-likeness (QED) is 0.630. The third-order valence-corrected chi connectivity index (χ3v) is 3.40. The van der Waals surface area contributed by atoms with Gasteiger partial charge in [0.1, 0.15) is 6.10 Å². The average Bonchev–Trinajstić information content (AvgIpc) is 3.18. The predicted octanol–water partition coefficient (Wildman–Crippen LogP) is 1.18. The van der Waals surface area contributed by atoms with Crippen molar-refractivity contribution in [2.75, 3.05) is 0 Å². The maximum atomic E-state index is 9.98. The third kappa shape index (κ3) is 3.32. The minimum Gasteiger partial charge on any atom is -0.385 e. The summed E-state index contributed by atoms with van der Waals surface area (Å²) in [6, 6.07) is 6.08. The second-order valence-electron chi connectivity index (χ2n) is 4.84. The average molecular weight is 284 g/mol. The molecule has 0 aromatic carbocycles. The molecule has 3 aromatic heterocycles. The molecule has 0 fully saturated rings. The molecule has 1 unspecified atom stereocenters. The topological polar surface area (TPSA) is 103 Å². The number of nitrogens with one attached hydrogen (secondary N) is 2. The summed E-state index contributed by atoms with van der Waals surface area (Å²) in [7, 11) is 0. The van der Waals surface area contributed by atoms with Crippen molar-refractivity contribution in [3.8, 4) is 0 Å². The van der Waals surface area contributed by atoms with Gasteiger partial charge in [-0.15, -0.1) is 10.2 Å². The normalized spacial score (nSPS) is 12.4. The lowest BCUT2D eigenvalue weighted by Gasteiger charge is -2.07. The van der Waals surface area contributed by atoms with Crippen molar-refractivity contribution in [2.45, 2.75) is 25.4 Å². The molecule has 0 bridgehead atoms. The lowest BCUT2D eigenvalue weighted by Crippen LogP contribution is -2.03. The van der Waals surface area contributed by atoms with Crippen LogP contribution in [0, 0.1) is 0 Å². The van der Waals surface area contributed by atoms with Gasteiger partial charge in [-0.25, -0.2) is 0 Å². The van der Waals surface area contributed by atoms with E-state index in [0.717, 1.165) is 18.5 Å². The van der Waals surface area contributed by atoms with Gasteiger partial charge >= 0.3 is 0 Å². The number of H-pyrrole nitrogens is 2. The maximum Gasteiger partial charge on any atom is 0.202 e. The van der Waals surface area contributed by atoms with Crippen LogP contribution in [-0.2, 0) is 12.8 Å². The van der Waals surface area contributed by atoms with Crippen LogP contribution < -0.4 is 0 Å². The fourth-order valence-electron chi connectivity index (χ4n) is 2.28. The first-order chi connectivity index (χ1) is 10.3. The van der Waals surface area contributed by atoms with E-state index in [4.69, 9.17) is 0 Å². The highest BCUT2D eigenvalue weighted by Crippen LogP contribution is 2.18. The summed E-state index contributed by atoms with van der Waals surface area (Å²) in [6.07, 6.45) is 6.92. The molecule has 3 aromatic rings. The highest BCUT2D eigenvalue weighted by molar-refractivity contribution is 5.28. The minimum absolute atomic E-state index is 0.331. The Morgan fingerprint density at radius 1 is 1.19 bits per heavy atom. The summed E-state index contributed by atoms with van der Waals surface area (Å²) in [5.74, 6) is 0.331. The maximum absolute atomic E-state index is 9.98. The summed E-state index contributed by atoms with van der Waals surface area (Å²) in [5, 5.41) is 23.4. The molecule has 0 aliphatic rings. The second-order valence-corrected chi connectivity index (χ2v) is 4.84. The number of pyridine rings is 1. The van der Waals surface area contributed by atoms with E-state index in [-0.39, 0.29) is 0 Å². The molecule has 0 radical (unpaired) electrons. The Kier molecular flexibility index (Phi) is 4.02. The van der Waals surface area contributed by atoms with E-state index < -0.39 is 6.10 Å². The number of aromatic nitrogens is 6. The lowest BCUT2D eigenvalue weighted by molar-refractivity contribution is 0.157. The van der Waals surface area contributed by atoms with Crippen molar-refractivity contribution >= 4 is 0 Å². The van der Waals surface area contributed by atoms with E-state index in [1.165, 1.54) is 11.1 Å². The van der Waals surface area contributed by atoms with Crippen LogP contribution >= 0.6 is 0 Å². The van der Waals surface area contributed by atoms with Gasteiger partial charge in [0.05, 0.1) is 0 Å². The summed E-state index contributed by atoms with van der Waals surface area (Å²) >= 11 is 0. The zero-order chi connectivity index (χ0) is 14.5.